The maximum atomic E-state index is 13.2. The van der Waals surface area contributed by atoms with Gasteiger partial charge < -0.3 is 9.05 Å². The second-order valence-electron chi connectivity index (χ2n) is 7.43. The summed E-state index contributed by atoms with van der Waals surface area (Å²) in [5, 5.41) is -0.155. The lowest BCUT2D eigenvalue weighted by Crippen LogP contribution is -2.21. The largest absolute Gasteiger partial charge is 0.362 e. The Balaban J connectivity index is 2.04. The average molecular weight is 525 g/mol. The molecule has 0 aliphatic heterocycles. The molecule has 0 spiro atoms. The fourth-order valence-corrected chi connectivity index (χ4v) is 6.50. The zero-order valence-electron chi connectivity index (χ0n) is 19.0. The molecule has 0 aliphatic carbocycles. The summed E-state index contributed by atoms with van der Waals surface area (Å²) in [6.45, 7) is 3.66. The molecule has 0 atom stereocenters. The summed E-state index contributed by atoms with van der Waals surface area (Å²) in [7, 11) is -9.71. The third-order valence-electron chi connectivity index (χ3n) is 4.93. The van der Waals surface area contributed by atoms with Gasteiger partial charge in [-0.05, 0) is 56.3 Å². The Labute approximate surface area is 199 Å². The van der Waals surface area contributed by atoms with E-state index >= 15 is 0 Å². The van der Waals surface area contributed by atoms with E-state index in [4.69, 9.17) is 9.05 Å². The van der Waals surface area contributed by atoms with Crippen molar-refractivity contribution >= 4 is 44.3 Å². The molecule has 0 saturated heterocycles. The molecule has 2 N–H and O–H groups in total. The monoisotopic (exact) mass is 524 g/mol. The van der Waals surface area contributed by atoms with E-state index in [1.54, 1.807) is 24.3 Å². The van der Waals surface area contributed by atoms with Crippen LogP contribution in [-0.4, -0.2) is 31.1 Å². The smallest absolute Gasteiger partial charge is 0.309 e. The molecule has 0 bridgehead atoms. The van der Waals surface area contributed by atoms with Crippen molar-refractivity contribution in [2.75, 3.05) is 23.7 Å². The molecule has 0 unspecified atom stereocenters. The van der Waals surface area contributed by atoms with Crippen molar-refractivity contribution in [2.24, 2.45) is 0 Å². The number of benzene rings is 3. The third kappa shape index (κ3) is 5.68. The van der Waals surface area contributed by atoms with Crippen molar-refractivity contribution in [1.82, 2.24) is 0 Å². The molecule has 0 amide bonds. The second-order valence-corrected chi connectivity index (χ2v) is 13.0. The Kier molecular flexibility index (Phi) is 7.54. The molecular weight excluding hydrogens is 499 g/mol. The van der Waals surface area contributed by atoms with E-state index in [0.29, 0.717) is 0 Å². The van der Waals surface area contributed by atoms with Crippen molar-refractivity contribution in [3.63, 3.8) is 0 Å². The van der Waals surface area contributed by atoms with E-state index in [1.807, 2.05) is 13.8 Å². The molecule has 0 aliphatic rings. The SMILES string of the molecule is COP(=O)(OC)c1cc(NS(=O)(=O)c2ccc(C)cc2)ccc1NS(=O)(=O)c1ccc(C)cc1. The second kappa shape index (κ2) is 9.89. The highest BCUT2D eigenvalue weighted by atomic mass is 32.2. The van der Waals surface area contributed by atoms with Gasteiger partial charge in [-0.2, -0.15) is 0 Å². The minimum Gasteiger partial charge on any atom is -0.309 e. The van der Waals surface area contributed by atoms with Crippen LogP contribution in [0.3, 0.4) is 0 Å². The van der Waals surface area contributed by atoms with Gasteiger partial charge in [0.25, 0.3) is 20.0 Å². The minimum atomic E-state index is -4.05. The highest BCUT2D eigenvalue weighted by Gasteiger charge is 2.31. The molecule has 3 aromatic carbocycles. The number of anilines is 2. The molecule has 0 fully saturated rings. The van der Waals surface area contributed by atoms with Crippen LogP contribution >= 0.6 is 7.60 Å². The van der Waals surface area contributed by atoms with E-state index in [2.05, 4.69) is 9.44 Å². The van der Waals surface area contributed by atoms with Crippen LogP contribution in [-0.2, 0) is 33.7 Å². The molecule has 0 radical (unpaired) electrons. The Bertz CT molecular complexity index is 1430. The summed E-state index contributed by atoms with van der Waals surface area (Å²) in [5.41, 5.74) is 1.75. The lowest BCUT2D eigenvalue weighted by Gasteiger charge is -2.20. The zero-order valence-corrected chi connectivity index (χ0v) is 21.5. The van der Waals surface area contributed by atoms with Crippen LogP contribution in [0.5, 0.6) is 0 Å². The van der Waals surface area contributed by atoms with Crippen LogP contribution in [0.4, 0.5) is 11.4 Å². The van der Waals surface area contributed by atoms with Gasteiger partial charge >= 0.3 is 7.60 Å². The predicted molar refractivity (Wildman–Crippen MR) is 132 cm³/mol. The average Bonchev–Trinajstić information content (AvgIpc) is 2.79. The van der Waals surface area contributed by atoms with Gasteiger partial charge in [0.1, 0.15) is 0 Å². The lowest BCUT2D eigenvalue weighted by atomic mass is 10.2. The van der Waals surface area contributed by atoms with Gasteiger partial charge in [-0.3, -0.25) is 14.0 Å². The molecule has 0 saturated carbocycles. The number of sulfonamides is 2. The van der Waals surface area contributed by atoms with E-state index in [9.17, 15) is 21.4 Å². The highest BCUT2D eigenvalue weighted by Crippen LogP contribution is 2.48. The van der Waals surface area contributed by atoms with Crippen LogP contribution < -0.4 is 14.7 Å². The summed E-state index contributed by atoms with van der Waals surface area (Å²) < 4.78 is 79.5. The summed E-state index contributed by atoms with van der Waals surface area (Å²) in [5.74, 6) is 0. The first-order valence-electron chi connectivity index (χ1n) is 9.95. The zero-order chi connectivity index (χ0) is 25.1. The fraction of sp³-hybridized carbons (Fsp3) is 0.182. The first-order valence-corrected chi connectivity index (χ1v) is 14.5. The quantitative estimate of drug-likeness (QED) is 0.405. The summed E-state index contributed by atoms with van der Waals surface area (Å²) in [6, 6.07) is 16.3. The van der Waals surface area contributed by atoms with Gasteiger partial charge in [0.2, 0.25) is 0 Å². The van der Waals surface area contributed by atoms with Crippen LogP contribution in [0.2, 0.25) is 0 Å². The molecule has 0 heterocycles. The van der Waals surface area contributed by atoms with Gasteiger partial charge in [0.15, 0.2) is 0 Å². The maximum absolute atomic E-state index is 13.2. The van der Waals surface area contributed by atoms with E-state index < -0.39 is 27.6 Å². The number of rotatable bonds is 9. The van der Waals surface area contributed by atoms with Crippen molar-refractivity contribution in [3.8, 4) is 0 Å². The number of hydrogen-bond donors (Lipinski definition) is 2. The van der Waals surface area contributed by atoms with E-state index in [0.717, 1.165) is 25.3 Å². The number of aryl methyl sites for hydroxylation is 2. The number of hydrogen-bond acceptors (Lipinski definition) is 7. The van der Waals surface area contributed by atoms with Crippen molar-refractivity contribution in [1.29, 1.82) is 0 Å². The van der Waals surface area contributed by atoms with Gasteiger partial charge in [-0.25, -0.2) is 16.8 Å². The van der Waals surface area contributed by atoms with Crippen LogP contribution in [0, 0.1) is 13.8 Å². The highest BCUT2D eigenvalue weighted by molar-refractivity contribution is 7.93. The predicted octanol–water partition coefficient (Wildman–Crippen LogP) is 4.02. The lowest BCUT2D eigenvalue weighted by molar-refractivity contribution is 0.287. The van der Waals surface area contributed by atoms with Gasteiger partial charge in [0.05, 0.1) is 20.8 Å². The Morgan fingerprint density at radius 2 is 1.12 bits per heavy atom. The molecule has 34 heavy (non-hydrogen) atoms. The molecule has 0 aromatic heterocycles. The van der Waals surface area contributed by atoms with Crippen LogP contribution in [0.25, 0.3) is 0 Å². The third-order valence-corrected chi connectivity index (χ3v) is 9.63. The topological polar surface area (TPSA) is 128 Å². The number of nitrogens with one attached hydrogen (secondary N) is 2. The Hall–Kier alpha value is -2.69. The van der Waals surface area contributed by atoms with Crippen molar-refractivity contribution in [2.45, 2.75) is 23.6 Å². The van der Waals surface area contributed by atoms with Gasteiger partial charge in [0, 0.05) is 19.9 Å². The molecule has 182 valence electrons. The van der Waals surface area contributed by atoms with Gasteiger partial charge in [-0.15, -0.1) is 0 Å². The van der Waals surface area contributed by atoms with E-state index in [1.165, 1.54) is 42.5 Å². The molecule has 12 heteroatoms. The fourth-order valence-electron chi connectivity index (χ4n) is 3.03. The first-order chi connectivity index (χ1) is 15.9. The summed E-state index contributed by atoms with van der Waals surface area (Å²) in [4.78, 5) is 0.0309. The minimum absolute atomic E-state index is 0.00198. The Morgan fingerprint density at radius 3 is 1.56 bits per heavy atom. The van der Waals surface area contributed by atoms with E-state index in [-0.39, 0.29) is 26.5 Å². The standard InChI is InChI=1S/C22H25N2O7PS2/c1-16-5-10-19(11-6-16)33(26,27)23-18-9-14-21(22(15-18)32(25,30-3)31-4)24-34(28,29)20-12-7-17(2)8-13-20/h5-15,23-24H,1-4H3. The van der Waals surface area contributed by atoms with Crippen molar-refractivity contribution < 1.29 is 30.4 Å². The normalized spacial score (nSPS) is 12.4. The van der Waals surface area contributed by atoms with Crippen LogP contribution in [0.15, 0.2) is 76.5 Å². The molecular formula is C22H25N2O7PS2. The van der Waals surface area contributed by atoms with Gasteiger partial charge in [-0.1, -0.05) is 35.4 Å². The first kappa shape index (κ1) is 25.9. The molecule has 3 rings (SSSR count). The van der Waals surface area contributed by atoms with Crippen LogP contribution in [0.1, 0.15) is 11.1 Å². The van der Waals surface area contributed by atoms with Crippen molar-refractivity contribution in [3.05, 3.63) is 77.9 Å². The maximum Gasteiger partial charge on any atom is 0.362 e. The Morgan fingerprint density at radius 1 is 0.676 bits per heavy atom. The molecule has 9 nitrogen and oxygen atoms in total. The summed E-state index contributed by atoms with van der Waals surface area (Å²) >= 11 is 0. The molecule has 3 aromatic rings. The summed E-state index contributed by atoms with van der Waals surface area (Å²) in [6.07, 6.45) is 0.